The fraction of sp³-hybridized carbons (Fsp3) is 0.481. The summed E-state index contributed by atoms with van der Waals surface area (Å²) in [7, 11) is 0. The second-order valence-electron chi connectivity index (χ2n) is 9.16. The lowest BCUT2D eigenvalue weighted by Gasteiger charge is -2.19. The van der Waals surface area contributed by atoms with Crippen molar-refractivity contribution < 1.29 is 9.90 Å². The van der Waals surface area contributed by atoms with Gasteiger partial charge in [-0.1, -0.05) is 82.2 Å². The van der Waals surface area contributed by atoms with E-state index in [1.165, 1.54) is 51.1 Å². The van der Waals surface area contributed by atoms with Crippen LogP contribution >= 0.6 is 0 Å². The Hall–Kier alpha value is -3.02. The van der Waals surface area contributed by atoms with Crippen LogP contribution in [0.2, 0.25) is 0 Å². The summed E-state index contributed by atoms with van der Waals surface area (Å²) in [6.07, 6.45) is 13.4. The van der Waals surface area contributed by atoms with Crippen LogP contribution in [-0.4, -0.2) is 30.8 Å². The molecule has 1 fully saturated rings. The molecule has 0 bridgehead atoms. The van der Waals surface area contributed by atoms with Gasteiger partial charge in [-0.05, 0) is 29.5 Å². The predicted octanol–water partition coefficient (Wildman–Crippen LogP) is 5.94. The Morgan fingerprint density at radius 2 is 1.88 bits per heavy atom. The molecule has 0 unspecified atom stereocenters. The van der Waals surface area contributed by atoms with Gasteiger partial charge in [0.1, 0.15) is 5.82 Å². The van der Waals surface area contributed by atoms with Crippen molar-refractivity contribution in [3.63, 3.8) is 0 Å². The number of carboxylic acid groups (broad SMARTS) is 1. The Bertz CT molecular complexity index is 1050. The van der Waals surface area contributed by atoms with E-state index in [0.29, 0.717) is 5.56 Å². The average molecular weight is 447 g/mol. The molecule has 0 radical (unpaired) electrons. The Labute approximate surface area is 196 Å². The molecule has 0 atom stereocenters. The van der Waals surface area contributed by atoms with Gasteiger partial charge in [0.05, 0.1) is 0 Å². The summed E-state index contributed by atoms with van der Waals surface area (Å²) in [5.74, 6) is 1.73. The molecule has 3 aromatic rings. The van der Waals surface area contributed by atoms with Crippen molar-refractivity contribution in [1.29, 1.82) is 0 Å². The Balaban J connectivity index is 1.51. The summed E-state index contributed by atoms with van der Waals surface area (Å²) in [6.45, 7) is 3.13. The number of nitrogens with zero attached hydrogens (tertiary/aromatic N) is 4. The zero-order chi connectivity index (χ0) is 23.0. The van der Waals surface area contributed by atoms with Gasteiger partial charge >= 0.3 is 5.97 Å². The van der Waals surface area contributed by atoms with Gasteiger partial charge in [0, 0.05) is 31.1 Å². The average Bonchev–Trinajstić information content (AvgIpc) is 3.21. The van der Waals surface area contributed by atoms with Crippen molar-refractivity contribution in [2.45, 2.75) is 77.7 Å². The fourth-order valence-electron chi connectivity index (χ4n) is 4.78. The largest absolute Gasteiger partial charge is 0.476 e. The lowest BCUT2D eigenvalue weighted by molar-refractivity contribution is 0.0691. The number of aromatic carboxylic acids is 1. The third-order valence-corrected chi connectivity index (χ3v) is 6.60. The van der Waals surface area contributed by atoms with E-state index in [-0.39, 0.29) is 5.69 Å². The highest BCUT2D eigenvalue weighted by Gasteiger charge is 2.18. The number of aromatic nitrogens is 4. The molecule has 1 aliphatic carbocycles. The maximum absolute atomic E-state index is 11.5. The molecule has 1 N–H and O–H groups in total. The van der Waals surface area contributed by atoms with Crippen LogP contribution in [0.4, 0.5) is 0 Å². The first kappa shape index (κ1) is 23.1. The van der Waals surface area contributed by atoms with Gasteiger partial charge < -0.3 is 5.11 Å². The number of pyridine rings is 1. The number of aryl methyl sites for hydroxylation is 1. The first-order chi connectivity index (χ1) is 16.1. The van der Waals surface area contributed by atoms with Crippen molar-refractivity contribution in [3.8, 4) is 11.1 Å². The van der Waals surface area contributed by atoms with Crippen molar-refractivity contribution in [3.05, 3.63) is 65.5 Å². The third kappa shape index (κ3) is 6.06. The smallest absolute Gasteiger partial charge is 0.355 e. The summed E-state index contributed by atoms with van der Waals surface area (Å²) in [6, 6.07) is 11.6. The number of hydrogen-bond acceptors (Lipinski definition) is 4. The van der Waals surface area contributed by atoms with Crippen LogP contribution in [0.25, 0.3) is 11.1 Å². The molecule has 0 amide bonds. The number of benzene rings is 1. The molecule has 6 nitrogen and oxygen atoms in total. The van der Waals surface area contributed by atoms with Gasteiger partial charge in [0.25, 0.3) is 0 Å². The minimum atomic E-state index is -1.01. The zero-order valence-corrected chi connectivity index (χ0v) is 19.5. The highest BCUT2D eigenvalue weighted by Crippen LogP contribution is 2.27. The van der Waals surface area contributed by atoms with Gasteiger partial charge in [0.2, 0.25) is 0 Å². The fourth-order valence-corrected chi connectivity index (χ4v) is 4.78. The van der Waals surface area contributed by atoms with Crippen LogP contribution in [0, 0.1) is 5.92 Å². The first-order valence-electron chi connectivity index (χ1n) is 12.3. The molecular formula is C27H34N4O2. The van der Waals surface area contributed by atoms with Gasteiger partial charge in [-0.2, -0.15) is 5.10 Å². The minimum absolute atomic E-state index is 0.0771. The second kappa shape index (κ2) is 11.2. The standard InChI is InChI=1S/C27H34N4O2/c1-2-3-7-17-31-25(29-24(30-31)18-20-9-5-4-6-10-20)19-21-12-14-22(15-13-21)23-11-8-16-28-26(23)27(32)33/h8,11-16,20H,2-7,9-10,17-19H2,1H3,(H,32,33). The highest BCUT2D eigenvalue weighted by atomic mass is 16.4. The molecule has 1 saturated carbocycles. The van der Waals surface area contributed by atoms with E-state index in [9.17, 15) is 9.90 Å². The van der Waals surface area contributed by atoms with Gasteiger partial charge in [-0.25, -0.2) is 19.4 Å². The van der Waals surface area contributed by atoms with Crippen LogP contribution in [-0.2, 0) is 19.4 Å². The van der Waals surface area contributed by atoms with E-state index in [1.54, 1.807) is 12.1 Å². The van der Waals surface area contributed by atoms with E-state index in [1.807, 2.05) is 12.1 Å². The lowest BCUT2D eigenvalue weighted by Crippen LogP contribution is -2.10. The maximum Gasteiger partial charge on any atom is 0.355 e. The number of hydrogen-bond donors (Lipinski definition) is 1. The Kier molecular flexibility index (Phi) is 7.87. The van der Waals surface area contributed by atoms with E-state index < -0.39 is 5.97 Å². The monoisotopic (exact) mass is 446 g/mol. The molecule has 1 aliphatic rings. The molecule has 4 rings (SSSR count). The van der Waals surface area contributed by atoms with E-state index >= 15 is 0 Å². The molecule has 0 spiro atoms. The summed E-state index contributed by atoms with van der Waals surface area (Å²) in [5.41, 5.74) is 2.71. The molecule has 0 saturated heterocycles. The minimum Gasteiger partial charge on any atom is -0.476 e. The van der Waals surface area contributed by atoms with Gasteiger partial charge in [0.15, 0.2) is 11.5 Å². The van der Waals surface area contributed by atoms with E-state index in [4.69, 9.17) is 10.1 Å². The number of carboxylic acids is 1. The molecule has 174 valence electrons. The van der Waals surface area contributed by atoms with E-state index in [2.05, 4.69) is 28.7 Å². The molecule has 0 aliphatic heterocycles. The molecule has 2 heterocycles. The van der Waals surface area contributed by atoms with Crippen molar-refractivity contribution >= 4 is 5.97 Å². The summed E-state index contributed by atoms with van der Waals surface area (Å²) in [5, 5.41) is 14.3. The molecule has 2 aromatic heterocycles. The first-order valence-corrected chi connectivity index (χ1v) is 12.3. The molecule has 6 heteroatoms. The summed E-state index contributed by atoms with van der Waals surface area (Å²) in [4.78, 5) is 20.5. The predicted molar refractivity (Wildman–Crippen MR) is 129 cm³/mol. The van der Waals surface area contributed by atoms with Crippen LogP contribution in [0.5, 0.6) is 0 Å². The van der Waals surface area contributed by atoms with Crippen LogP contribution in [0.1, 0.15) is 86.0 Å². The lowest BCUT2D eigenvalue weighted by atomic mass is 9.87. The molecule has 33 heavy (non-hydrogen) atoms. The van der Waals surface area contributed by atoms with Crippen LogP contribution in [0.3, 0.4) is 0 Å². The summed E-state index contributed by atoms with van der Waals surface area (Å²) < 4.78 is 2.12. The SMILES string of the molecule is CCCCCn1nc(CC2CCCCC2)nc1Cc1ccc(-c2cccnc2C(=O)O)cc1. The Morgan fingerprint density at radius 3 is 2.61 bits per heavy atom. The number of rotatable bonds is 10. The van der Waals surface area contributed by atoms with Crippen LogP contribution in [0.15, 0.2) is 42.6 Å². The van der Waals surface area contributed by atoms with Gasteiger partial charge in [-0.3, -0.25) is 0 Å². The van der Waals surface area contributed by atoms with Gasteiger partial charge in [-0.15, -0.1) is 0 Å². The van der Waals surface area contributed by atoms with Crippen molar-refractivity contribution in [2.75, 3.05) is 0 Å². The normalized spacial score (nSPS) is 14.5. The van der Waals surface area contributed by atoms with Crippen LogP contribution < -0.4 is 0 Å². The molecular weight excluding hydrogens is 412 g/mol. The quantitative estimate of drug-likeness (QED) is 0.390. The second-order valence-corrected chi connectivity index (χ2v) is 9.16. The third-order valence-electron chi connectivity index (χ3n) is 6.60. The Morgan fingerprint density at radius 1 is 1.09 bits per heavy atom. The number of carbonyl (C=O) groups is 1. The zero-order valence-electron chi connectivity index (χ0n) is 19.5. The van der Waals surface area contributed by atoms with E-state index in [0.717, 1.165) is 54.5 Å². The van der Waals surface area contributed by atoms with Crippen molar-refractivity contribution in [2.24, 2.45) is 5.92 Å². The maximum atomic E-state index is 11.5. The van der Waals surface area contributed by atoms with Crippen molar-refractivity contribution in [1.82, 2.24) is 19.7 Å². The number of unbranched alkanes of at least 4 members (excludes halogenated alkanes) is 2. The molecule has 1 aromatic carbocycles. The highest BCUT2D eigenvalue weighted by molar-refractivity contribution is 5.93. The summed E-state index contributed by atoms with van der Waals surface area (Å²) >= 11 is 0. The topological polar surface area (TPSA) is 80.9 Å².